The molecule has 1 aromatic carbocycles. The van der Waals surface area contributed by atoms with Crippen molar-refractivity contribution in [2.24, 2.45) is 5.73 Å². The summed E-state index contributed by atoms with van der Waals surface area (Å²) in [5, 5.41) is 0. The summed E-state index contributed by atoms with van der Waals surface area (Å²) >= 11 is 0. The van der Waals surface area contributed by atoms with Gasteiger partial charge >= 0.3 is 0 Å². The quantitative estimate of drug-likeness (QED) is 0.902. The second kappa shape index (κ2) is 5.83. The minimum absolute atomic E-state index is 0.0611. The van der Waals surface area contributed by atoms with Gasteiger partial charge in [-0.05, 0) is 25.3 Å². The molecule has 5 nitrogen and oxygen atoms in total. The van der Waals surface area contributed by atoms with Crippen LogP contribution in [-0.4, -0.2) is 50.8 Å². The molecule has 0 unspecified atom stereocenters. The standard InChI is InChI=1S/C18H23F2N3O2/c1-25-17-15-12(14(24)4-6-23(15)11-2-3-11)8-13(20)16(17)22-7-5-18(21,9-19)10-22/h8,11H,2-7,9-10,21H2,1H3/t18-/m1/s1. The first-order chi connectivity index (χ1) is 12.0. The van der Waals surface area contributed by atoms with Gasteiger partial charge in [-0.1, -0.05) is 0 Å². The van der Waals surface area contributed by atoms with Crippen LogP contribution in [-0.2, 0) is 0 Å². The highest BCUT2D eigenvalue weighted by atomic mass is 19.1. The molecule has 136 valence electrons. The number of carbonyl (C=O) groups is 1. The van der Waals surface area contributed by atoms with E-state index < -0.39 is 18.0 Å². The summed E-state index contributed by atoms with van der Waals surface area (Å²) in [5.41, 5.74) is 6.44. The van der Waals surface area contributed by atoms with Gasteiger partial charge in [0.05, 0.1) is 18.3 Å². The van der Waals surface area contributed by atoms with Gasteiger partial charge in [0.1, 0.15) is 12.4 Å². The average Bonchev–Trinajstić information content (AvgIpc) is 3.37. The van der Waals surface area contributed by atoms with Crippen LogP contribution < -0.4 is 20.3 Å². The van der Waals surface area contributed by atoms with Crippen molar-refractivity contribution in [2.75, 3.05) is 43.2 Å². The van der Waals surface area contributed by atoms with Crippen LogP contribution in [0.2, 0.25) is 0 Å². The maximum atomic E-state index is 14.9. The average molecular weight is 351 g/mol. The number of ether oxygens (including phenoxy) is 1. The molecule has 0 amide bonds. The van der Waals surface area contributed by atoms with E-state index in [1.165, 1.54) is 13.2 Å². The van der Waals surface area contributed by atoms with E-state index in [1.807, 2.05) is 0 Å². The molecule has 1 atom stereocenters. The molecular formula is C18H23F2N3O2. The molecule has 25 heavy (non-hydrogen) atoms. The first-order valence-electron chi connectivity index (χ1n) is 8.77. The van der Waals surface area contributed by atoms with Crippen molar-refractivity contribution in [3.8, 4) is 5.75 Å². The molecule has 0 aromatic heterocycles. The molecule has 2 fully saturated rings. The van der Waals surface area contributed by atoms with Crippen molar-refractivity contribution in [1.82, 2.24) is 0 Å². The Morgan fingerprint density at radius 2 is 2.12 bits per heavy atom. The maximum absolute atomic E-state index is 14.9. The van der Waals surface area contributed by atoms with Crippen LogP contribution >= 0.6 is 0 Å². The number of alkyl halides is 1. The van der Waals surface area contributed by atoms with Gasteiger partial charge in [0.15, 0.2) is 17.3 Å². The number of methoxy groups -OCH3 is 1. The molecule has 1 aromatic rings. The molecule has 2 heterocycles. The Morgan fingerprint density at radius 3 is 2.72 bits per heavy atom. The van der Waals surface area contributed by atoms with Crippen LogP contribution in [0.5, 0.6) is 5.75 Å². The van der Waals surface area contributed by atoms with Gasteiger partial charge in [-0.3, -0.25) is 4.79 Å². The van der Waals surface area contributed by atoms with Gasteiger partial charge in [0.25, 0.3) is 0 Å². The van der Waals surface area contributed by atoms with Crippen molar-refractivity contribution in [3.05, 3.63) is 17.4 Å². The number of carbonyl (C=O) groups excluding carboxylic acids is 1. The molecule has 2 N–H and O–H groups in total. The lowest BCUT2D eigenvalue weighted by Gasteiger charge is -2.34. The fourth-order valence-electron chi connectivity index (χ4n) is 4.01. The lowest BCUT2D eigenvalue weighted by molar-refractivity contribution is 0.0978. The molecule has 0 radical (unpaired) electrons. The summed E-state index contributed by atoms with van der Waals surface area (Å²) in [5.74, 6) is -0.197. The second-order valence-corrected chi connectivity index (χ2v) is 7.40. The van der Waals surface area contributed by atoms with Crippen LogP contribution in [0.15, 0.2) is 6.07 Å². The lowest BCUT2D eigenvalue weighted by atomic mass is 9.97. The van der Waals surface area contributed by atoms with E-state index in [-0.39, 0.29) is 12.3 Å². The Hall–Kier alpha value is -1.89. The van der Waals surface area contributed by atoms with E-state index in [2.05, 4.69) is 4.90 Å². The van der Waals surface area contributed by atoms with Gasteiger partial charge in [0.2, 0.25) is 0 Å². The third kappa shape index (κ3) is 2.65. The normalized spacial score (nSPS) is 26.2. The summed E-state index contributed by atoms with van der Waals surface area (Å²) in [6.07, 6.45) is 2.99. The number of ketones is 1. The van der Waals surface area contributed by atoms with E-state index >= 15 is 0 Å². The number of benzene rings is 1. The van der Waals surface area contributed by atoms with E-state index in [9.17, 15) is 13.6 Å². The van der Waals surface area contributed by atoms with Gasteiger partial charge in [0, 0.05) is 37.7 Å². The third-order valence-corrected chi connectivity index (χ3v) is 5.51. The zero-order valence-electron chi connectivity index (χ0n) is 14.4. The number of fused-ring (bicyclic) bond motifs is 1. The SMILES string of the molecule is COc1c(N2CC[C@@](N)(CF)C2)c(F)cc2c1N(C1CC1)CCC2=O. The molecule has 4 rings (SSSR count). The molecular weight excluding hydrogens is 328 g/mol. The summed E-state index contributed by atoms with van der Waals surface area (Å²) in [7, 11) is 1.49. The Bertz CT molecular complexity index is 723. The fraction of sp³-hybridized carbons (Fsp3) is 0.611. The highest BCUT2D eigenvalue weighted by Crippen LogP contribution is 2.49. The van der Waals surface area contributed by atoms with Gasteiger partial charge in [-0.15, -0.1) is 0 Å². The van der Waals surface area contributed by atoms with Crippen molar-refractivity contribution < 1.29 is 18.3 Å². The van der Waals surface area contributed by atoms with Crippen LogP contribution in [0.25, 0.3) is 0 Å². The molecule has 1 aliphatic carbocycles. The number of nitrogens with zero attached hydrogens (tertiary/aromatic N) is 2. The first-order valence-corrected chi connectivity index (χ1v) is 8.77. The van der Waals surface area contributed by atoms with E-state index in [4.69, 9.17) is 10.5 Å². The van der Waals surface area contributed by atoms with Gasteiger partial charge in [-0.25, -0.2) is 8.78 Å². The smallest absolute Gasteiger partial charge is 0.169 e. The zero-order chi connectivity index (χ0) is 17.8. The summed E-state index contributed by atoms with van der Waals surface area (Å²) in [6.45, 7) is 0.672. The molecule has 1 saturated heterocycles. The Kier molecular flexibility index (Phi) is 3.86. The Labute approximate surface area is 145 Å². The molecule has 3 aliphatic rings. The zero-order valence-corrected chi connectivity index (χ0v) is 14.4. The number of nitrogens with two attached hydrogens (primary N) is 1. The summed E-state index contributed by atoms with van der Waals surface area (Å²) in [6, 6.07) is 1.70. The Morgan fingerprint density at radius 1 is 1.36 bits per heavy atom. The minimum atomic E-state index is -0.959. The Balaban J connectivity index is 1.83. The predicted octanol–water partition coefficient (Wildman–Crippen LogP) is 2.27. The first kappa shape index (κ1) is 16.6. The fourth-order valence-corrected chi connectivity index (χ4v) is 4.01. The second-order valence-electron chi connectivity index (χ2n) is 7.40. The highest BCUT2D eigenvalue weighted by molar-refractivity contribution is 6.06. The van der Waals surface area contributed by atoms with E-state index in [0.29, 0.717) is 54.7 Å². The van der Waals surface area contributed by atoms with Crippen molar-refractivity contribution in [2.45, 2.75) is 37.3 Å². The third-order valence-electron chi connectivity index (χ3n) is 5.51. The maximum Gasteiger partial charge on any atom is 0.169 e. The van der Waals surface area contributed by atoms with E-state index in [1.54, 1.807) is 4.90 Å². The monoisotopic (exact) mass is 351 g/mol. The molecule has 2 aliphatic heterocycles. The van der Waals surface area contributed by atoms with Crippen LogP contribution in [0.4, 0.5) is 20.2 Å². The van der Waals surface area contributed by atoms with Crippen LogP contribution in [0.3, 0.4) is 0 Å². The molecule has 1 saturated carbocycles. The van der Waals surface area contributed by atoms with Gasteiger partial charge < -0.3 is 20.3 Å². The van der Waals surface area contributed by atoms with Crippen LogP contribution in [0.1, 0.15) is 36.0 Å². The molecule has 0 spiro atoms. The van der Waals surface area contributed by atoms with Crippen LogP contribution in [0, 0.1) is 5.82 Å². The van der Waals surface area contributed by atoms with Crippen molar-refractivity contribution >= 4 is 17.2 Å². The summed E-state index contributed by atoms with van der Waals surface area (Å²) < 4.78 is 33.7. The molecule has 0 bridgehead atoms. The number of hydrogen-bond donors (Lipinski definition) is 1. The number of anilines is 2. The molecule has 7 heteroatoms. The predicted molar refractivity (Wildman–Crippen MR) is 92.0 cm³/mol. The number of Topliss-reactive ketones (excluding diaryl/α,β-unsaturated/α-hetero) is 1. The largest absolute Gasteiger partial charge is 0.492 e. The van der Waals surface area contributed by atoms with Crippen molar-refractivity contribution in [1.29, 1.82) is 0 Å². The topological polar surface area (TPSA) is 58.8 Å². The number of halogens is 2. The number of rotatable bonds is 4. The lowest BCUT2D eigenvalue weighted by Crippen LogP contribution is -2.45. The van der Waals surface area contributed by atoms with Crippen molar-refractivity contribution in [3.63, 3.8) is 0 Å². The van der Waals surface area contributed by atoms with E-state index in [0.717, 1.165) is 12.8 Å². The number of hydrogen-bond acceptors (Lipinski definition) is 5. The highest BCUT2D eigenvalue weighted by Gasteiger charge is 2.41. The van der Waals surface area contributed by atoms with Gasteiger partial charge in [-0.2, -0.15) is 0 Å². The minimum Gasteiger partial charge on any atom is -0.492 e. The summed E-state index contributed by atoms with van der Waals surface area (Å²) in [4.78, 5) is 16.3.